The number of nitrogens with one attached hydrogen (secondary N) is 3. The van der Waals surface area contributed by atoms with Crippen LogP contribution in [0.5, 0.6) is 11.5 Å². The summed E-state index contributed by atoms with van der Waals surface area (Å²) in [5.74, 6) is 1.90. The standard InChI is InChI=1S/C15H23N5O2.ClH/c1-2-3-4-7-18-15(20-14(16)17)19-9-11-5-6-12-13(8-11)22-10-21-12;/h5-6,8H,2-4,7,9-10H2,1H3,(H5,16,17,18,19,20);1H. The van der Waals surface area contributed by atoms with Crippen molar-refractivity contribution in [3.63, 3.8) is 0 Å². The Morgan fingerprint density at radius 2 is 2.09 bits per heavy atom. The molecule has 2 rings (SSSR count). The zero-order valence-corrected chi connectivity index (χ0v) is 14.0. The second-order valence-electron chi connectivity index (χ2n) is 5.02. The van der Waals surface area contributed by atoms with Crippen LogP contribution in [0.2, 0.25) is 0 Å². The number of guanidine groups is 2. The number of nitrogens with zero attached hydrogens (tertiary/aromatic N) is 1. The van der Waals surface area contributed by atoms with Crippen molar-refractivity contribution in [2.75, 3.05) is 13.3 Å². The molecule has 128 valence electrons. The molecule has 0 atom stereocenters. The van der Waals surface area contributed by atoms with E-state index < -0.39 is 0 Å². The van der Waals surface area contributed by atoms with E-state index in [0.717, 1.165) is 36.3 Å². The summed E-state index contributed by atoms with van der Waals surface area (Å²) in [5, 5.41) is 13.2. The van der Waals surface area contributed by atoms with E-state index in [2.05, 4.69) is 22.5 Å². The van der Waals surface area contributed by atoms with Gasteiger partial charge in [0.15, 0.2) is 23.4 Å². The lowest BCUT2D eigenvalue weighted by Crippen LogP contribution is -2.43. The van der Waals surface area contributed by atoms with Gasteiger partial charge >= 0.3 is 0 Å². The minimum atomic E-state index is -0.132. The molecule has 0 unspecified atom stereocenters. The number of hydrogen-bond donors (Lipinski definition) is 4. The van der Waals surface area contributed by atoms with E-state index in [1.54, 1.807) is 0 Å². The molecule has 0 saturated heterocycles. The van der Waals surface area contributed by atoms with Gasteiger partial charge in [0.2, 0.25) is 6.79 Å². The van der Waals surface area contributed by atoms with Crippen molar-refractivity contribution >= 4 is 24.3 Å². The molecule has 8 heteroatoms. The van der Waals surface area contributed by atoms with Crippen LogP contribution in [0.15, 0.2) is 23.2 Å². The first kappa shape index (κ1) is 18.9. The van der Waals surface area contributed by atoms with Crippen molar-refractivity contribution in [3.8, 4) is 11.5 Å². The Kier molecular flexibility index (Phi) is 8.04. The summed E-state index contributed by atoms with van der Waals surface area (Å²) >= 11 is 0. The van der Waals surface area contributed by atoms with Crippen molar-refractivity contribution in [3.05, 3.63) is 23.8 Å². The second-order valence-corrected chi connectivity index (χ2v) is 5.02. The molecule has 1 aromatic rings. The predicted molar refractivity (Wildman–Crippen MR) is 93.5 cm³/mol. The average Bonchev–Trinajstić information content (AvgIpc) is 2.96. The maximum atomic E-state index is 7.33. The van der Waals surface area contributed by atoms with Crippen LogP contribution < -0.4 is 25.8 Å². The van der Waals surface area contributed by atoms with Crippen molar-refractivity contribution in [1.29, 1.82) is 5.41 Å². The maximum Gasteiger partial charge on any atom is 0.231 e. The number of fused-ring (bicyclic) bond motifs is 1. The lowest BCUT2D eigenvalue weighted by Gasteiger charge is -2.11. The molecule has 0 aliphatic carbocycles. The zero-order valence-electron chi connectivity index (χ0n) is 13.2. The summed E-state index contributed by atoms with van der Waals surface area (Å²) in [6, 6.07) is 5.77. The molecule has 0 aromatic heterocycles. The summed E-state index contributed by atoms with van der Waals surface area (Å²) in [6.45, 7) is 3.68. The Morgan fingerprint density at radius 3 is 2.83 bits per heavy atom. The van der Waals surface area contributed by atoms with Gasteiger partial charge in [-0.3, -0.25) is 15.7 Å². The molecule has 0 bridgehead atoms. The molecular formula is C15H24ClN5O2. The number of aliphatic imine (C=N–C) groups is 1. The highest BCUT2D eigenvalue weighted by atomic mass is 35.5. The van der Waals surface area contributed by atoms with Gasteiger partial charge in [0.25, 0.3) is 0 Å². The summed E-state index contributed by atoms with van der Waals surface area (Å²) < 4.78 is 10.6. The molecule has 5 N–H and O–H groups in total. The molecule has 1 aliphatic heterocycles. The zero-order chi connectivity index (χ0) is 15.8. The van der Waals surface area contributed by atoms with E-state index in [4.69, 9.17) is 20.6 Å². The molecule has 1 heterocycles. The third kappa shape index (κ3) is 6.23. The number of unbranched alkanes of at least 4 members (excludes halogenated alkanes) is 2. The van der Waals surface area contributed by atoms with Gasteiger partial charge in [-0.2, -0.15) is 0 Å². The third-order valence-electron chi connectivity index (χ3n) is 3.18. The third-order valence-corrected chi connectivity index (χ3v) is 3.18. The molecule has 0 saturated carbocycles. The van der Waals surface area contributed by atoms with Gasteiger partial charge in [0.1, 0.15) is 0 Å². The Labute approximate surface area is 142 Å². The predicted octanol–water partition coefficient (Wildman–Crippen LogP) is 1.96. The first-order valence-electron chi connectivity index (χ1n) is 7.47. The highest BCUT2D eigenvalue weighted by Crippen LogP contribution is 2.32. The minimum Gasteiger partial charge on any atom is -0.454 e. The Hall–Kier alpha value is -2.15. The topological polar surface area (TPSA) is 105 Å². The summed E-state index contributed by atoms with van der Waals surface area (Å²) in [5.41, 5.74) is 6.42. The Bertz CT molecular complexity index is 551. The fourth-order valence-corrected chi connectivity index (χ4v) is 2.06. The number of rotatable bonds is 6. The number of nitrogens with two attached hydrogens (primary N) is 1. The number of ether oxygens (including phenoxy) is 2. The van der Waals surface area contributed by atoms with Gasteiger partial charge in [-0.1, -0.05) is 25.8 Å². The van der Waals surface area contributed by atoms with Crippen LogP contribution in [0.4, 0.5) is 0 Å². The summed E-state index contributed by atoms with van der Waals surface area (Å²) in [6.07, 6.45) is 3.31. The Balaban J connectivity index is 0.00000264. The first-order chi connectivity index (χ1) is 10.7. The van der Waals surface area contributed by atoms with E-state index in [-0.39, 0.29) is 25.2 Å². The quantitative estimate of drug-likeness (QED) is 0.359. The SMILES string of the molecule is CCCCCN=C(NCc1ccc2c(c1)OCO2)NC(=N)N.Cl. The van der Waals surface area contributed by atoms with Crippen molar-refractivity contribution in [2.24, 2.45) is 10.7 Å². The fraction of sp³-hybridized carbons (Fsp3) is 0.467. The van der Waals surface area contributed by atoms with Crippen molar-refractivity contribution < 1.29 is 9.47 Å². The number of hydrogen-bond acceptors (Lipinski definition) is 4. The van der Waals surface area contributed by atoms with E-state index in [9.17, 15) is 0 Å². The smallest absolute Gasteiger partial charge is 0.231 e. The second kappa shape index (κ2) is 9.78. The first-order valence-corrected chi connectivity index (χ1v) is 7.47. The monoisotopic (exact) mass is 341 g/mol. The van der Waals surface area contributed by atoms with Crippen LogP contribution in [0.3, 0.4) is 0 Å². The fourth-order valence-electron chi connectivity index (χ4n) is 2.06. The van der Waals surface area contributed by atoms with Gasteiger partial charge in [0.05, 0.1) is 0 Å². The number of benzene rings is 1. The lowest BCUT2D eigenvalue weighted by molar-refractivity contribution is 0.174. The molecule has 1 aliphatic rings. The van der Waals surface area contributed by atoms with E-state index >= 15 is 0 Å². The molecule has 23 heavy (non-hydrogen) atoms. The molecule has 0 amide bonds. The van der Waals surface area contributed by atoms with Crippen LogP contribution in [-0.2, 0) is 6.54 Å². The highest BCUT2D eigenvalue weighted by molar-refractivity contribution is 5.96. The minimum absolute atomic E-state index is 0. The Morgan fingerprint density at radius 1 is 1.30 bits per heavy atom. The maximum absolute atomic E-state index is 7.33. The van der Waals surface area contributed by atoms with Crippen LogP contribution in [0.25, 0.3) is 0 Å². The van der Waals surface area contributed by atoms with Gasteiger partial charge in [-0.25, -0.2) is 0 Å². The summed E-state index contributed by atoms with van der Waals surface area (Å²) in [7, 11) is 0. The van der Waals surface area contributed by atoms with Crippen LogP contribution in [-0.4, -0.2) is 25.3 Å². The molecular weight excluding hydrogens is 318 g/mol. The van der Waals surface area contributed by atoms with Gasteiger partial charge in [0, 0.05) is 13.1 Å². The molecule has 0 spiro atoms. The largest absolute Gasteiger partial charge is 0.454 e. The van der Waals surface area contributed by atoms with Gasteiger partial charge in [-0.05, 0) is 24.1 Å². The van der Waals surface area contributed by atoms with Gasteiger partial charge < -0.3 is 20.5 Å². The van der Waals surface area contributed by atoms with Crippen molar-refractivity contribution in [1.82, 2.24) is 10.6 Å². The average molecular weight is 342 g/mol. The van der Waals surface area contributed by atoms with E-state index in [1.165, 1.54) is 0 Å². The molecule has 1 aromatic carbocycles. The number of halogens is 1. The van der Waals surface area contributed by atoms with Gasteiger partial charge in [-0.15, -0.1) is 12.4 Å². The van der Waals surface area contributed by atoms with E-state index in [0.29, 0.717) is 19.0 Å². The summed E-state index contributed by atoms with van der Waals surface area (Å²) in [4.78, 5) is 4.41. The van der Waals surface area contributed by atoms with E-state index in [1.807, 2.05) is 18.2 Å². The molecule has 0 fully saturated rings. The van der Waals surface area contributed by atoms with Crippen LogP contribution >= 0.6 is 12.4 Å². The van der Waals surface area contributed by atoms with Crippen LogP contribution in [0.1, 0.15) is 31.7 Å². The van der Waals surface area contributed by atoms with Crippen molar-refractivity contribution in [2.45, 2.75) is 32.7 Å². The normalized spacial score (nSPS) is 12.5. The van der Waals surface area contributed by atoms with Crippen LogP contribution in [0, 0.1) is 5.41 Å². The highest BCUT2D eigenvalue weighted by Gasteiger charge is 2.13. The molecule has 0 radical (unpaired) electrons. The molecule has 7 nitrogen and oxygen atoms in total. The lowest BCUT2D eigenvalue weighted by atomic mass is 10.2.